The van der Waals surface area contributed by atoms with E-state index in [0.717, 1.165) is 19.3 Å². The van der Waals surface area contributed by atoms with Crippen LogP contribution in [-0.4, -0.2) is 12.3 Å². The molecule has 0 spiro atoms. The normalized spacial score (nSPS) is 23.6. The molecule has 4 heterocycles. The van der Waals surface area contributed by atoms with E-state index in [0.29, 0.717) is 0 Å². The lowest BCUT2D eigenvalue weighted by Gasteiger charge is -2.54. The molecule has 0 aromatic heterocycles. The highest BCUT2D eigenvalue weighted by atomic mass is 15.3. The van der Waals surface area contributed by atoms with Crippen LogP contribution in [0, 0.1) is 13.8 Å². The molecule has 6 aliphatic rings. The number of hydrogen-bond donors (Lipinski definition) is 0. The summed E-state index contributed by atoms with van der Waals surface area (Å²) < 4.78 is 0. The Labute approximate surface area is 467 Å². The Balaban J connectivity index is 1.16. The minimum absolute atomic E-state index is 0.00338. The van der Waals surface area contributed by atoms with Gasteiger partial charge in [-0.05, 0) is 195 Å². The first kappa shape index (κ1) is 49.8. The van der Waals surface area contributed by atoms with Crippen molar-refractivity contribution in [3.05, 3.63) is 190 Å². The van der Waals surface area contributed by atoms with Gasteiger partial charge in [0.15, 0.2) is 0 Å². The summed E-state index contributed by atoms with van der Waals surface area (Å²) >= 11 is 0. The van der Waals surface area contributed by atoms with Crippen molar-refractivity contribution < 1.29 is 0 Å². The summed E-state index contributed by atoms with van der Waals surface area (Å²) in [6.45, 7) is 36.8. The molecule has 1 fully saturated rings. The topological polar surface area (TPSA) is 9.72 Å². The molecule has 4 heteroatoms. The number of benzene rings is 8. The molecule has 0 bridgehead atoms. The average Bonchev–Trinajstić information content (AvgIpc) is 3.14. The fraction of sp³-hybridized carbons (Fsp3) is 0.378. The second kappa shape index (κ2) is 16.1. The number of aryl methyl sites for hydroxylation is 3. The molecule has 14 rings (SSSR count). The van der Waals surface area contributed by atoms with Crippen molar-refractivity contribution in [3.8, 4) is 11.1 Å². The van der Waals surface area contributed by atoms with Gasteiger partial charge in [-0.3, -0.25) is 0 Å². The van der Waals surface area contributed by atoms with E-state index in [2.05, 4.69) is 258 Å². The smallest absolute Gasteiger partial charge is 0.252 e. The Morgan fingerprint density at radius 3 is 1.88 bits per heavy atom. The Bertz CT molecular complexity index is 3900. The van der Waals surface area contributed by atoms with Gasteiger partial charge in [-0.25, -0.2) is 0 Å². The molecule has 4 unspecified atom stereocenters. The fourth-order valence-corrected chi connectivity index (χ4v) is 16.8. The van der Waals surface area contributed by atoms with Crippen molar-refractivity contribution in [2.75, 3.05) is 14.7 Å². The zero-order valence-corrected chi connectivity index (χ0v) is 49.4. The second-order valence-electron chi connectivity index (χ2n) is 29.0. The summed E-state index contributed by atoms with van der Waals surface area (Å²) in [5.41, 5.74) is 28.1. The standard InChI is InChI=1S/C74H80BN3/c1-45-36-46(2)65-62(37-45)77(73(14)34-21-20-33-72(65,73)13)54-43-63-66-64(44-54)78-67-57(71(12)35-32-48-23-18-19-25-56(48)74(71,78)15)40-53(70(9,10)11)42-59(67)75(66)58-41-52(69(6,7)8)29-31-61(58)76(63)60-30-28-51(68(3,4)5)39-55(60)50-27-26-47-22-16-17-24-49(47)38-50/h16-19,22-31,36-44H,20-21,32-35H2,1-15H3. The Morgan fingerprint density at radius 1 is 0.487 bits per heavy atom. The van der Waals surface area contributed by atoms with Crippen LogP contribution in [0.3, 0.4) is 0 Å². The third kappa shape index (κ3) is 6.53. The zero-order valence-electron chi connectivity index (χ0n) is 49.4. The predicted octanol–water partition coefficient (Wildman–Crippen LogP) is 17.6. The van der Waals surface area contributed by atoms with E-state index in [4.69, 9.17) is 0 Å². The van der Waals surface area contributed by atoms with E-state index in [-0.39, 0.29) is 44.9 Å². The monoisotopic (exact) mass is 1020 g/mol. The van der Waals surface area contributed by atoms with Crippen LogP contribution in [0.15, 0.2) is 140 Å². The zero-order chi connectivity index (χ0) is 54.6. The van der Waals surface area contributed by atoms with E-state index >= 15 is 0 Å². The van der Waals surface area contributed by atoms with Crippen molar-refractivity contribution in [1.29, 1.82) is 0 Å². The third-order valence-corrected chi connectivity index (χ3v) is 21.4. The average molecular weight is 1020 g/mol. The predicted molar refractivity (Wildman–Crippen MR) is 335 cm³/mol. The van der Waals surface area contributed by atoms with Crippen LogP contribution < -0.4 is 31.1 Å². The van der Waals surface area contributed by atoms with E-state index in [9.17, 15) is 0 Å². The third-order valence-electron chi connectivity index (χ3n) is 21.4. The van der Waals surface area contributed by atoms with Gasteiger partial charge in [-0.2, -0.15) is 0 Å². The van der Waals surface area contributed by atoms with Crippen molar-refractivity contribution >= 4 is 73.7 Å². The van der Waals surface area contributed by atoms with Gasteiger partial charge in [0.25, 0.3) is 6.71 Å². The van der Waals surface area contributed by atoms with Crippen molar-refractivity contribution in [2.24, 2.45) is 0 Å². The van der Waals surface area contributed by atoms with Gasteiger partial charge in [-0.1, -0.05) is 186 Å². The first-order valence-electron chi connectivity index (χ1n) is 29.6. The molecule has 8 aromatic rings. The van der Waals surface area contributed by atoms with E-state index < -0.39 is 0 Å². The van der Waals surface area contributed by atoms with Crippen LogP contribution >= 0.6 is 0 Å². The maximum atomic E-state index is 2.95. The number of anilines is 7. The van der Waals surface area contributed by atoms with Gasteiger partial charge in [0.1, 0.15) is 0 Å². The molecule has 8 aromatic carbocycles. The first-order valence-corrected chi connectivity index (χ1v) is 29.6. The maximum absolute atomic E-state index is 2.95. The summed E-state index contributed by atoms with van der Waals surface area (Å²) in [6, 6.07) is 56.4. The molecule has 3 nitrogen and oxygen atoms in total. The molecule has 0 saturated heterocycles. The molecule has 0 radical (unpaired) electrons. The van der Waals surface area contributed by atoms with Gasteiger partial charge < -0.3 is 14.7 Å². The Kier molecular flexibility index (Phi) is 10.3. The van der Waals surface area contributed by atoms with E-state index in [1.54, 1.807) is 5.56 Å². The van der Waals surface area contributed by atoms with Gasteiger partial charge in [0, 0.05) is 50.5 Å². The number of nitrogens with zero attached hydrogens (tertiary/aromatic N) is 3. The maximum Gasteiger partial charge on any atom is 0.252 e. The molecule has 2 aliphatic carbocycles. The summed E-state index contributed by atoms with van der Waals surface area (Å²) in [6.07, 6.45) is 6.97. The van der Waals surface area contributed by atoms with Crippen LogP contribution in [0.5, 0.6) is 0 Å². The number of rotatable bonds is 3. The highest BCUT2D eigenvalue weighted by Gasteiger charge is 2.64. The minimum Gasteiger partial charge on any atom is -0.334 e. The Hall–Kier alpha value is -6.52. The highest BCUT2D eigenvalue weighted by molar-refractivity contribution is 7.00. The first-order chi connectivity index (χ1) is 36.9. The number of hydrogen-bond acceptors (Lipinski definition) is 3. The van der Waals surface area contributed by atoms with Gasteiger partial charge >= 0.3 is 0 Å². The molecule has 4 atom stereocenters. The molecular weight excluding hydrogens is 942 g/mol. The van der Waals surface area contributed by atoms with Crippen LogP contribution in [-0.2, 0) is 39.0 Å². The molecule has 394 valence electrons. The van der Waals surface area contributed by atoms with Gasteiger partial charge in [-0.15, -0.1) is 0 Å². The molecule has 78 heavy (non-hydrogen) atoms. The van der Waals surface area contributed by atoms with Crippen LogP contribution in [0.2, 0.25) is 0 Å². The largest absolute Gasteiger partial charge is 0.334 e. The number of fused-ring (bicyclic) bond motifs is 13. The lowest BCUT2D eigenvalue weighted by Crippen LogP contribution is -2.64. The van der Waals surface area contributed by atoms with E-state index in [1.165, 1.54) is 142 Å². The molecular formula is C74H80BN3. The fourth-order valence-electron chi connectivity index (χ4n) is 16.8. The molecule has 4 aliphatic heterocycles. The van der Waals surface area contributed by atoms with Crippen LogP contribution in [0.1, 0.15) is 172 Å². The van der Waals surface area contributed by atoms with Gasteiger partial charge in [0.2, 0.25) is 0 Å². The summed E-state index contributed by atoms with van der Waals surface area (Å²) in [4.78, 5) is 8.60. The summed E-state index contributed by atoms with van der Waals surface area (Å²) in [5.74, 6) is 0. The SMILES string of the molecule is Cc1cc(C)c2c(c1)N(c1cc3c4c(c1)N1c5c(cc(C(C)(C)C)cc5C5(C)CCc6ccccc6C15C)B4c1cc(C(C)(C)C)ccc1N3c1ccc(C(C)(C)C)cc1-c1ccc3ccccc3c1)C1(C)CCCCC21C. The summed E-state index contributed by atoms with van der Waals surface area (Å²) in [5, 5.41) is 2.53. The minimum atomic E-state index is -0.380. The highest BCUT2D eigenvalue weighted by Crippen LogP contribution is 2.67. The lowest BCUT2D eigenvalue weighted by molar-refractivity contribution is 0.194. The quantitative estimate of drug-likeness (QED) is 0.163. The summed E-state index contributed by atoms with van der Waals surface area (Å²) in [7, 11) is 0. The van der Waals surface area contributed by atoms with Crippen LogP contribution in [0.4, 0.5) is 39.8 Å². The van der Waals surface area contributed by atoms with Crippen molar-refractivity contribution in [3.63, 3.8) is 0 Å². The molecule has 0 amide bonds. The van der Waals surface area contributed by atoms with Gasteiger partial charge in [0.05, 0.1) is 16.8 Å². The molecule has 1 saturated carbocycles. The Morgan fingerprint density at radius 2 is 1.14 bits per heavy atom. The molecule has 0 N–H and O–H groups in total. The second-order valence-corrected chi connectivity index (χ2v) is 29.0. The van der Waals surface area contributed by atoms with E-state index in [1.807, 2.05) is 0 Å². The van der Waals surface area contributed by atoms with Crippen molar-refractivity contribution in [2.45, 2.75) is 181 Å². The van der Waals surface area contributed by atoms with Crippen molar-refractivity contribution in [1.82, 2.24) is 0 Å². The lowest BCUT2D eigenvalue weighted by atomic mass is 9.33. The van der Waals surface area contributed by atoms with Crippen LogP contribution in [0.25, 0.3) is 21.9 Å².